The van der Waals surface area contributed by atoms with Crippen LogP contribution in [0.15, 0.2) is 78.9 Å². The summed E-state index contributed by atoms with van der Waals surface area (Å²) in [5.41, 5.74) is 6.85. The lowest BCUT2D eigenvalue weighted by molar-refractivity contribution is -0.142. The molecule has 6 N–H and O–H groups in total. The fourth-order valence-electron chi connectivity index (χ4n) is 3.94. The normalized spacial score (nSPS) is 13.4. The Hall–Kier alpha value is -4.54. The highest BCUT2D eigenvalue weighted by molar-refractivity contribution is 6.17. The van der Waals surface area contributed by atoms with E-state index in [0.29, 0.717) is 12.1 Å². The van der Waals surface area contributed by atoms with Gasteiger partial charge in [0.15, 0.2) is 0 Å². The number of para-hydroxylation sites is 2. The molecule has 0 aliphatic heterocycles. The van der Waals surface area contributed by atoms with E-state index >= 15 is 0 Å². The third kappa shape index (κ3) is 5.88. The molecule has 2 atom stereocenters. The van der Waals surface area contributed by atoms with Crippen LogP contribution >= 0.6 is 0 Å². The van der Waals surface area contributed by atoms with Crippen molar-refractivity contribution in [1.29, 1.82) is 0 Å². The second kappa shape index (κ2) is 11.7. The first-order chi connectivity index (χ1) is 18.3. The molecule has 2 unspecified atom stereocenters. The highest BCUT2D eigenvalue weighted by atomic mass is 16.5. The quantitative estimate of drug-likeness (QED) is 0.150. The largest absolute Gasteiger partial charge is 0.479 e. The van der Waals surface area contributed by atoms with E-state index in [-0.39, 0.29) is 18.2 Å². The van der Waals surface area contributed by atoms with Gasteiger partial charge in [-0.15, -0.1) is 0 Å². The molecule has 0 saturated carbocycles. The molecule has 38 heavy (non-hydrogen) atoms. The first-order valence-corrected chi connectivity index (χ1v) is 12.1. The van der Waals surface area contributed by atoms with Gasteiger partial charge in [0.1, 0.15) is 12.4 Å². The number of aromatic nitrogens is 2. The van der Waals surface area contributed by atoms with E-state index in [0.717, 1.165) is 22.4 Å². The van der Waals surface area contributed by atoms with E-state index < -0.39 is 29.9 Å². The minimum Gasteiger partial charge on any atom is -0.479 e. The Kier molecular flexibility index (Phi) is 8.15. The number of amides is 1. The van der Waals surface area contributed by atoms with Crippen LogP contribution in [-0.4, -0.2) is 45.0 Å². The van der Waals surface area contributed by atoms with Gasteiger partial charge in [-0.05, 0) is 30.2 Å². The average Bonchev–Trinajstić information content (AvgIpc) is 3.38. The van der Waals surface area contributed by atoms with Gasteiger partial charge in [0.05, 0.1) is 17.1 Å². The number of Topliss-reactive ketones (excluding diaryl/α,β-unsaturated/α-hetero) is 1. The maximum absolute atomic E-state index is 13.2. The van der Waals surface area contributed by atoms with Crippen LogP contribution < -0.4 is 16.4 Å². The fraction of sp³-hybridized carbons (Fsp3) is 0.214. The predicted molar refractivity (Wildman–Crippen MR) is 141 cm³/mol. The maximum atomic E-state index is 13.2. The van der Waals surface area contributed by atoms with Crippen LogP contribution in [0.3, 0.4) is 0 Å². The Labute approximate surface area is 219 Å². The van der Waals surface area contributed by atoms with Crippen LogP contribution in [0.4, 0.5) is 4.79 Å². The molecule has 0 bridgehead atoms. The van der Waals surface area contributed by atoms with Crippen LogP contribution in [0, 0.1) is 0 Å². The molecule has 1 amide bonds. The number of benzene rings is 3. The highest BCUT2D eigenvalue weighted by Gasteiger charge is 2.47. The van der Waals surface area contributed by atoms with Gasteiger partial charge in [-0.25, -0.2) is 14.6 Å². The summed E-state index contributed by atoms with van der Waals surface area (Å²) in [7, 11) is 0. The molecule has 1 aromatic heterocycles. The van der Waals surface area contributed by atoms with E-state index in [9.17, 15) is 19.5 Å². The number of carboxylic acid groups (broad SMARTS) is 1. The standard InChI is InChI=1S/C28H29N5O5/c1-18(25-31-22-9-5-6-10-23(22)32-25)30-15-19-11-13-21(14-12-19)24(34)28(17-29,26(35)36)33-27(37)38-16-20-7-3-2-4-8-20/h2-14,18,30H,15-17,29H2,1H3,(H,31,32)(H,33,37)(H,35,36). The number of aliphatic carboxylic acids is 1. The average molecular weight is 516 g/mol. The summed E-state index contributed by atoms with van der Waals surface area (Å²) in [6.45, 7) is 1.73. The minimum atomic E-state index is -2.37. The van der Waals surface area contributed by atoms with E-state index in [4.69, 9.17) is 10.5 Å². The number of ketones is 1. The van der Waals surface area contributed by atoms with Gasteiger partial charge in [0.2, 0.25) is 11.3 Å². The summed E-state index contributed by atoms with van der Waals surface area (Å²) in [5.74, 6) is -1.62. The van der Waals surface area contributed by atoms with Gasteiger partial charge in [0, 0.05) is 18.7 Å². The molecular formula is C28H29N5O5. The Balaban J connectivity index is 1.40. The summed E-state index contributed by atoms with van der Waals surface area (Å²) in [6.07, 6.45) is -1.06. The number of rotatable bonds is 11. The number of carboxylic acids is 1. The Bertz CT molecular complexity index is 1390. The van der Waals surface area contributed by atoms with Crippen molar-refractivity contribution in [3.8, 4) is 0 Å². The monoisotopic (exact) mass is 515 g/mol. The van der Waals surface area contributed by atoms with Crippen LogP contribution in [0.5, 0.6) is 0 Å². The first kappa shape index (κ1) is 26.5. The maximum Gasteiger partial charge on any atom is 0.408 e. The molecule has 4 aromatic rings. The molecule has 0 fully saturated rings. The molecule has 0 saturated heterocycles. The zero-order valence-electron chi connectivity index (χ0n) is 20.8. The van der Waals surface area contributed by atoms with Crippen molar-refractivity contribution in [3.63, 3.8) is 0 Å². The number of hydrogen-bond donors (Lipinski definition) is 5. The number of aromatic amines is 1. The number of alkyl carbamates (subject to hydrolysis) is 1. The molecule has 10 nitrogen and oxygen atoms in total. The Morgan fingerprint density at radius 3 is 2.34 bits per heavy atom. The van der Waals surface area contributed by atoms with Gasteiger partial charge in [-0.2, -0.15) is 0 Å². The SMILES string of the molecule is CC(NCc1ccc(C(=O)C(CN)(NC(=O)OCc2ccccc2)C(=O)O)cc1)c1nc2ccccc2[nH]1. The van der Waals surface area contributed by atoms with Gasteiger partial charge in [-0.1, -0.05) is 66.7 Å². The summed E-state index contributed by atoms with van der Waals surface area (Å²) in [6, 6.07) is 23.0. The van der Waals surface area contributed by atoms with Gasteiger partial charge >= 0.3 is 12.1 Å². The fourth-order valence-corrected chi connectivity index (χ4v) is 3.94. The van der Waals surface area contributed by atoms with E-state index in [1.807, 2.05) is 37.3 Å². The molecular weight excluding hydrogens is 486 g/mol. The summed E-state index contributed by atoms with van der Waals surface area (Å²) in [4.78, 5) is 45.6. The van der Waals surface area contributed by atoms with Crippen LogP contribution in [-0.2, 0) is 22.7 Å². The van der Waals surface area contributed by atoms with Crippen molar-refractivity contribution < 1.29 is 24.2 Å². The number of H-pyrrole nitrogens is 1. The predicted octanol–water partition coefficient (Wildman–Crippen LogP) is 3.30. The minimum absolute atomic E-state index is 0.0632. The molecule has 10 heteroatoms. The van der Waals surface area contributed by atoms with Gasteiger partial charge in [0.25, 0.3) is 0 Å². The summed E-state index contributed by atoms with van der Waals surface area (Å²) in [5, 5.41) is 15.4. The number of nitrogens with two attached hydrogens (primary N) is 1. The van der Waals surface area contributed by atoms with Crippen molar-refractivity contribution in [2.75, 3.05) is 6.54 Å². The molecule has 1 heterocycles. The molecule has 3 aromatic carbocycles. The lowest BCUT2D eigenvalue weighted by Gasteiger charge is -2.27. The number of nitrogens with zero attached hydrogens (tertiary/aromatic N) is 1. The molecule has 0 aliphatic carbocycles. The van der Waals surface area contributed by atoms with Crippen molar-refractivity contribution >= 4 is 28.9 Å². The third-order valence-electron chi connectivity index (χ3n) is 6.23. The number of imidazole rings is 1. The zero-order chi connectivity index (χ0) is 27.1. The number of carbonyl (C=O) groups excluding carboxylic acids is 2. The van der Waals surface area contributed by atoms with Crippen LogP contribution in [0.25, 0.3) is 11.0 Å². The topological polar surface area (TPSA) is 159 Å². The van der Waals surface area contributed by atoms with Crippen LogP contribution in [0.1, 0.15) is 40.3 Å². The van der Waals surface area contributed by atoms with Crippen molar-refractivity contribution in [1.82, 2.24) is 20.6 Å². The Morgan fingerprint density at radius 1 is 1.00 bits per heavy atom. The smallest absolute Gasteiger partial charge is 0.408 e. The number of fused-ring (bicyclic) bond motifs is 1. The lowest BCUT2D eigenvalue weighted by Crippen LogP contribution is -2.64. The number of nitrogens with one attached hydrogen (secondary N) is 3. The van der Waals surface area contributed by atoms with Crippen molar-refractivity contribution in [2.45, 2.75) is 31.7 Å². The second-order valence-electron chi connectivity index (χ2n) is 8.87. The number of ether oxygens (including phenoxy) is 1. The van der Waals surface area contributed by atoms with Crippen molar-refractivity contribution in [2.24, 2.45) is 5.73 Å². The van der Waals surface area contributed by atoms with Gasteiger partial charge < -0.3 is 25.9 Å². The van der Waals surface area contributed by atoms with Gasteiger partial charge in [-0.3, -0.25) is 10.1 Å². The first-order valence-electron chi connectivity index (χ1n) is 12.1. The summed E-state index contributed by atoms with van der Waals surface area (Å²) >= 11 is 0. The van der Waals surface area contributed by atoms with Crippen molar-refractivity contribution in [3.05, 3.63) is 101 Å². The molecule has 0 radical (unpaired) electrons. The molecule has 4 rings (SSSR count). The molecule has 0 spiro atoms. The van der Waals surface area contributed by atoms with E-state index in [2.05, 4.69) is 20.6 Å². The van der Waals surface area contributed by atoms with E-state index in [1.54, 1.807) is 36.4 Å². The number of hydrogen-bond acceptors (Lipinski definition) is 7. The van der Waals surface area contributed by atoms with Crippen LogP contribution in [0.2, 0.25) is 0 Å². The zero-order valence-corrected chi connectivity index (χ0v) is 20.8. The number of carbonyl (C=O) groups is 3. The molecule has 0 aliphatic rings. The second-order valence-corrected chi connectivity index (χ2v) is 8.87. The summed E-state index contributed by atoms with van der Waals surface area (Å²) < 4.78 is 5.11. The van der Waals surface area contributed by atoms with E-state index in [1.165, 1.54) is 12.1 Å². The molecule has 196 valence electrons. The third-order valence-corrected chi connectivity index (χ3v) is 6.23. The lowest BCUT2D eigenvalue weighted by atomic mass is 9.89. The Morgan fingerprint density at radius 2 is 1.68 bits per heavy atom. The highest BCUT2D eigenvalue weighted by Crippen LogP contribution is 2.18.